The van der Waals surface area contributed by atoms with Crippen LogP contribution in [0.25, 0.3) is 22.8 Å². The van der Waals surface area contributed by atoms with E-state index in [4.69, 9.17) is 5.73 Å². The summed E-state index contributed by atoms with van der Waals surface area (Å²) in [5, 5.41) is 10.1. The normalized spacial score (nSPS) is 12.2. The second kappa shape index (κ2) is 8.14. The van der Waals surface area contributed by atoms with Gasteiger partial charge in [0.15, 0.2) is 11.6 Å². The number of rotatable bonds is 6. The second-order valence-corrected chi connectivity index (χ2v) is 7.18. The van der Waals surface area contributed by atoms with Crippen molar-refractivity contribution in [2.45, 2.75) is 33.2 Å². The number of nitrogens with one attached hydrogen (secondary N) is 2. The molecule has 0 bridgehead atoms. The van der Waals surface area contributed by atoms with E-state index in [1.807, 2.05) is 69.3 Å². The Bertz CT molecular complexity index is 914. The van der Waals surface area contributed by atoms with Crippen molar-refractivity contribution < 1.29 is 4.79 Å². The summed E-state index contributed by atoms with van der Waals surface area (Å²) in [7, 11) is 0. The molecule has 1 aromatic heterocycles. The minimum Gasteiger partial charge on any atom is -0.325 e. The minimum absolute atomic E-state index is 0.182. The summed E-state index contributed by atoms with van der Waals surface area (Å²) in [5.74, 6) is 1.47. The van der Waals surface area contributed by atoms with Crippen molar-refractivity contribution in [3.05, 3.63) is 54.1 Å². The van der Waals surface area contributed by atoms with Crippen LogP contribution >= 0.6 is 0 Å². The quantitative estimate of drug-likeness (QED) is 0.621. The van der Waals surface area contributed by atoms with Gasteiger partial charge >= 0.3 is 0 Å². The molecule has 27 heavy (non-hydrogen) atoms. The smallest absolute Gasteiger partial charge is 0.241 e. The molecule has 0 saturated carbocycles. The van der Waals surface area contributed by atoms with Gasteiger partial charge in [0.25, 0.3) is 0 Å². The molecule has 6 nitrogen and oxygen atoms in total. The van der Waals surface area contributed by atoms with Crippen molar-refractivity contribution in [1.82, 2.24) is 15.2 Å². The lowest BCUT2D eigenvalue weighted by molar-refractivity contribution is -0.117. The van der Waals surface area contributed by atoms with Crippen LogP contribution in [-0.4, -0.2) is 27.1 Å². The van der Waals surface area contributed by atoms with Crippen LogP contribution in [0.2, 0.25) is 0 Å². The third-order valence-electron chi connectivity index (χ3n) is 4.26. The number of carbonyl (C=O) groups excluding carboxylic acids is 1. The van der Waals surface area contributed by atoms with Crippen molar-refractivity contribution in [3.63, 3.8) is 0 Å². The number of hydrogen-bond donors (Lipinski definition) is 3. The molecule has 0 spiro atoms. The van der Waals surface area contributed by atoms with E-state index in [0.29, 0.717) is 29.7 Å². The fraction of sp³-hybridized carbons (Fsp3) is 0.286. The van der Waals surface area contributed by atoms with Crippen LogP contribution in [0.1, 0.15) is 25.8 Å². The molecule has 2 aromatic carbocycles. The predicted molar refractivity (Wildman–Crippen MR) is 108 cm³/mol. The molecule has 0 aliphatic carbocycles. The molecule has 4 N–H and O–H groups in total. The third-order valence-corrected chi connectivity index (χ3v) is 4.26. The number of benzene rings is 2. The number of carbonyl (C=O) groups is 1. The lowest BCUT2D eigenvalue weighted by Crippen LogP contribution is -2.36. The molecular formula is C21H25N5O. The monoisotopic (exact) mass is 363 g/mol. The van der Waals surface area contributed by atoms with E-state index in [2.05, 4.69) is 20.5 Å². The fourth-order valence-corrected chi connectivity index (χ4v) is 2.82. The minimum atomic E-state index is -0.521. The Morgan fingerprint density at radius 3 is 2.59 bits per heavy atom. The summed E-state index contributed by atoms with van der Waals surface area (Å²) in [6.45, 7) is 6.13. The van der Waals surface area contributed by atoms with Crippen molar-refractivity contribution in [2.24, 2.45) is 11.7 Å². The molecule has 0 aliphatic heterocycles. The van der Waals surface area contributed by atoms with Gasteiger partial charge in [-0.3, -0.25) is 9.89 Å². The fourth-order valence-electron chi connectivity index (χ4n) is 2.82. The number of nitrogens with zero attached hydrogens (tertiary/aromatic N) is 2. The number of aromatic nitrogens is 3. The highest BCUT2D eigenvalue weighted by Crippen LogP contribution is 2.23. The molecule has 0 aliphatic rings. The largest absolute Gasteiger partial charge is 0.325 e. The van der Waals surface area contributed by atoms with Crippen LogP contribution in [0.3, 0.4) is 0 Å². The Kier molecular flexibility index (Phi) is 5.66. The zero-order chi connectivity index (χ0) is 19.4. The van der Waals surface area contributed by atoms with Gasteiger partial charge in [-0.2, -0.15) is 5.10 Å². The summed E-state index contributed by atoms with van der Waals surface area (Å²) >= 11 is 0. The zero-order valence-electron chi connectivity index (χ0n) is 15.9. The molecule has 1 amide bonds. The standard InChI is InChI=1S/C21H25N5O/c1-13(2)11-18(22)21(27)23-17-6-4-5-16(12-17)20-24-19(25-26-20)15-9-7-14(3)8-10-15/h4-10,12-13,18H,11,22H2,1-3H3,(H,23,27)(H,24,25,26)/t18-/m0/s1. The maximum absolute atomic E-state index is 12.2. The van der Waals surface area contributed by atoms with Gasteiger partial charge < -0.3 is 11.1 Å². The van der Waals surface area contributed by atoms with E-state index in [0.717, 1.165) is 11.1 Å². The van der Waals surface area contributed by atoms with E-state index in [1.54, 1.807) is 0 Å². The highest BCUT2D eigenvalue weighted by atomic mass is 16.2. The van der Waals surface area contributed by atoms with Crippen molar-refractivity contribution in [3.8, 4) is 22.8 Å². The first-order valence-corrected chi connectivity index (χ1v) is 9.08. The van der Waals surface area contributed by atoms with Gasteiger partial charge in [-0.1, -0.05) is 55.8 Å². The number of nitrogens with two attached hydrogens (primary N) is 1. The highest BCUT2D eigenvalue weighted by Gasteiger charge is 2.15. The highest BCUT2D eigenvalue weighted by molar-refractivity contribution is 5.95. The Morgan fingerprint density at radius 1 is 1.15 bits per heavy atom. The van der Waals surface area contributed by atoms with Crippen molar-refractivity contribution in [2.75, 3.05) is 5.32 Å². The predicted octanol–water partition coefficient (Wildman–Crippen LogP) is 3.76. The number of hydrogen-bond acceptors (Lipinski definition) is 4. The Hall–Kier alpha value is -2.99. The molecule has 0 unspecified atom stereocenters. The van der Waals surface area contributed by atoms with Gasteiger partial charge in [0.2, 0.25) is 5.91 Å². The summed E-state index contributed by atoms with van der Waals surface area (Å²) in [6, 6.07) is 15.0. The van der Waals surface area contributed by atoms with Crippen molar-refractivity contribution in [1.29, 1.82) is 0 Å². The van der Waals surface area contributed by atoms with E-state index in [9.17, 15) is 4.79 Å². The van der Waals surface area contributed by atoms with Crippen LogP contribution in [-0.2, 0) is 4.79 Å². The molecule has 1 heterocycles. The topological polar surface area (TPSA) is 96.7 Å². The first kappa shape index (κ1) is 18.8. The maximum Gasteiger partial charge on any atom is 0.241 e. The number of H-pyrrole nitrogens is 1. The number of aromatic amines is 1. The Balaban J connectivity index is 1.76. The summed E-state index contributed by atoms with van der Waals surface area (Å²) in [6.07, 6.45) is 0.646. The van der Waals surface area contributed by atoms with E-state index in [-0.39, 0.29) is 5.91 Å². The molecule has 0 saturated heterocycles. The molecule has 6 heteroatoms. The van der Waals surface area contributed by atoms with Gasteiger partial charge in [0.05, 0.1) is 6.04 Å². The summed E-state index contributed by atoms with van der Waals surface area (Å²) in [4.78, 5) is 16.8. The van der Waals surface area contributed by atoms with Gasteiger partial charge in [-0.15, -0.1) is 0 Å². The van der Waals surface area contributed by atoms with Crippen LogP contribution < -0.4 is 11.1 Å². The molecule has 140 valence electrons. The molecule has 1 atom stereocenters. The van der Waals surface area contributed by atoms with Crippen LogP contribution in [0.4, 0.5) is 5.69 Å². The molecule has 0 fully saturated rings. The Labute approximate surface area is 159 Å². The Morgan fingerprint density at radius 2 is 1.89 bits per heavy atom. The zero-order valence-corrected chi connectivity index (χ0v) is 15.9. The first-order chi connectivity index (χ1) is 12.9. The summed E-state index contributed by atoms with van der Waals surface area (Å²) < 4.78 is 0. The van der Waals surface area contributed by atoms with E-state index >= 15 is 0 Å². The van der Waals surface area contributed by atoms with Crippen LogP contribution in [0.15, 0.2) is 48.5 Å². The number of anilines is 1. The van der Waals surface area contributed by atoms with E-state index in [1.165, 1.54) is 5.56 Å². The lowest BCUT2D eigenvalue weighted by Gasteiger charge is -2.14. The van der Waals surface area contributed by atoms with Gasteiger partial charge in [0, 0.05) is 16.8 Å². The molecule has 3 rings (SSSR count). The average molecular weight is 363 g/mol. The van der Waals surface area contributed by atoms with Gasteiger partial charge in [-0.25, -0.2) is 4.98 Å². The molecular weight excluding hydrogens is 338 g/mol. The van der Waals surface area contributed by atoms with Crippen molar-refractivity contribution >= 4 is 11.6 Å². The number of aryl methyl sites for hydroxylation is 1. The SMILES string of the molecule is Cc1ccc(-c2n[nH]c(-c3cccc(NC(=O)[C@@H](N)CC(C)C)c3)n2)cc1. The molecule has 3 aromatic rings. The number of amides is 1. The maximum atomic E-state index is 12.2. The summed E-state index contributed by atoms with van der Waals surface area (Å²) in [5.41, 5.74) is 9.62. The lowest BCUT2D eigenvalue weighted by atomic mass is 10.0. The second-order valence-electron chi connectivity index (χ2n) is 7.18. The van der Waals surface area contributed by atoms with Crippen LogP contribution in [0.5, 0.6) is 0 Å². The molecule has 0 radical (unpaired) electrons. The van der Waals surface area contributed by atoms with Gasteiger partial charge in [-0.05, 0) is 31.4 Å². The third kappa shape index (κ3) is 4.80. The van der Waals surface area contributed by atoms with Crippen LogP contribution in [0, 0.1) is 12.8 Å². The first-order valence-electron chi connectivity index (χ1n) is 9.08. The van der Waals surface area contributed by atoms with E-state index < -0.39 is 6.04 Å². The average Bonchev–Trinajstić information content (AvgIpc) is 3.12. The van der Waals surface area contributed by atoms with Gasteiger partial charge in [0.1, 0.15) is 0 Å².